The van der Waals surface area contributed by atoms with Gasteiger partial charge in [0.25, 0.3) is 0 Å². The molecule has 117 heavy (non-hydrogen) atoms. The molecule has 2 unspecified atom stereocenters. The molecule has 0 saturated heterocycles. The first-order chi connectivity index (χ1) is 56.5. The molecule has 0 aromatic heterocycles. The van der Waals surface area contributed by atoms with Crippen LogP contribution in [0, 0.1) is 0 Å². The lowest BCUT2D eigenvalue weighted by Gasteiger charge is -2.31. The van der Waals surface area contributed by atoms with Crippen LogP contribution < -0.4 is 37.9 Å². The molecular formula is C101H82O16. The highest BCUT2D eigenvalue weighted by Gasteiger charge is 2.38. The van der Waals surface area contributed by atoms with Gasteiger partial charge in [0.1, 0.15) is 46.0 Å². The molecule has 0 spiro atoms. The minimum absolute atomic E-state index is 0.0163. The van der Waals surface area contributed by atoms with Gasteiger partial charge >= 0.3 is 47.8 Å². The molecule has 1 aliphatic carbocycles. The number of esters is 8. The first kappa shape index (κ1) is 76.1. The third-order valence-corrected chi connectivity index (χ3v) is 23.1. The number of rotatable bonds is 19. The van der Waals surface area contributed by atoms with Gasteiger partial charge in [0, 0.05) is 148 Å². The molecule has 0 N–H and O–H groups in total. The maximum absolute atomic E-state index is 14.3. The Morgan fingerprint density at radius 2 is 0.410 bits per heavy atom. The second-order valence-corrected chi connectivity index (χ2v) is 30.8. The Hall–Kier alpha value is -13.6. The highest BCUT2D eigenvalue weighted by molar-refractivity contribution is 6.26. The molecule has 16 aromatic rings. The van der Waals surface area contributed by atoms with Crippen molar-refractivity contribution >= 4 is 145 Å². The van der Waals surface area contributed by atoms with Crippen molar-refractivity contribution in [1.82, 2.24) is 0 Å². The van der Waals surface area contributed by atoms with Gasteiger partial charge in [0.15, 0.2) is 0 Å². The van der Waals surface area contributed by atoms with Gasteiger partial charge in [0.05, 0.1) is 0 Å². The van der Waals surface area contributed by atoms with Gasteiger partial charge in [-0.2, -0.15) is 0 Å². The summed E-state index contributed by atoms with van der Waals surface area (Å²) in [6.07, 6.45) is 2.13. The van der Waals surface area contributed by atoms with Crippen molar-refractivity contribution in [2.75, 3.05) is 0 Å². The van der Waals surface area contributed by atoms with Crippen molar-refractivity contribution in [1.29, 1.82) is 0 Å². The van der Waals surface area contributed by atoms with Crippen molar-refractivity contribution in [2.45, 2.75) is 137 Å². The lowest BCUT2D eigenvalue weighted by molar-refractivity contribution is -0.133. The molecule has 0 heterocycles. The van der Waals surface area contributed by atoms with E-state index >= 15 is 0 Å². The molecule has 0 fully saturated rings. The normalized spacial score (nSPS) is 14.7. The van der Waals surface area contributed by atoms with Gasteiger partial charge in [0.2, 0.25) is 0 Å². The van der Waals surface area contributed by atoms with Gasteiger partial charge in [-0.05, 0) is 183 Å². The van der Waals surface area contributed by atoms with Crippen LogP contribution in [0.1, 0.15) is 179 Å². The van der Waals surface area contributed by atoms with Gasteiger partial charge in [-0.1, -0.05) is 177 Å². The Morgan fingerprint density at radius 3 is 0.615 bits per heavy atom. The summed E-state index contributed by atoms with van der Waals surface area (Å²) < 4.78 is 51.9. The fourth-order valence-corrected chi connectivity index (χ4v) is 18.7. The van der Waals surface area contributed by atoms with E-state index < -0.39 is 71.4 Å². The van der Waals surface area contributed by atoms with E-state index in [1.807, 2.05) is 67.6 Å². The summed E-state index contributed by atoms with van der Waals surface area (Å²) in [5, 5.41) is 18.8. The summed E-state index contributed by atoms with van der Waals surface area (Å²) in [5.41, 5.74) is 5.71. The summed E-state index contributed by atoms with van der Waals surface area (Å²) in [4.78, 5) is 114. The summed E-state index contributed by atoms with van der Waals surface area (Å²) in [6.45, 7) is 12.1. The van der Waals surface area contributed by atoms with Crippen molar-refractivity contribution in [3.05, 3.63) is 274 Å². The van der Waals surface area contributed by atoms with E-state index in [0.29, 0.717) is 70.2 Å². The topological polar surface area (TPSA) is 210 Å². The molecule has 1 aliphatic rings. The molecule has 0 saturated carbocycles. The molecule has 16 nitrogen and oxygen atoms in total. The molecule has 0 radical (unpaired) electrons. The van der Waals surface area contributed by atoms with E-state index in [9.17, 15) is 38.4 Å². The molecule has 8 bridgehead atoms. The number of carbonyl (C=O) groups excluding carboxylic acids is 8. The predicted octanol–water partition coefficient (Wildman–Crippen LogP) is 22.3. The molecular weight excluding hydrogens is 1470 g/mol. The third-order valence-electron chi connectivity index (χ3n) is 23.1. The van der Waals surface area contributed by atoms with E-state index in [0.717, 1.165) is 114 Å². The van der Waals surface area contributed by atoms with Gasteiger partial charge < -0.3 is 37.9 Å². The van der Waals surface area contributed by atoms with Crippen LogP contribution in [0.15, 0.2) is 212 Å². The van der Waals surface area contributed by atoms with Crippen LogP contribution in [-0.2, 0) is 57.6 Å². The number of aryl methyl sites for hydroxylation is 3. The zero-order valence-electron chi connectivity index (χ0n) is 66.2. The third kappa shape index (κ3) is 14.4. The van der Waals surface area contributed by atoms with E-state index in [1.165, 1.54) is 79.7 Å². The average Bonchev–Trinajstić information content (AvgIpc) is 0.746. The molecule has 2 atom stereocenters. The van der Waals surface area contributed by atoms with Crippen molar-refractivity contribution < 1.29 is 76.3 Å². The van der Waals surface area contributed by atoms with Crippen LogP contribution in [-0.4, -0.2) is 47.8 Å². The highest BCUT2D eigenvalue weighted by atomic mass is 16.6. The van der Waals surface area contributed by atoms with E-state index in [-0.39, 0.29) is 71.7 Å². The lowest BCUT2D eigenvalue weighted by Crippen LogP contribution is -2.19. The highest BCUT2D eigenvalue weighted by Crippen LogP contribution is 2.56. The zero-order valence-corrected chi connectivity index (χ0v) is 66.2. The Labute approximate surface area is 674 Å². The number of fused-ring (bicyclic) bond motifs is 8. The largest absolute Gasteiger partial charge is 0.426 e. The average molecular weight is 1550 g/mol. The quantitative estimate of drug-likeness (QED) is 0.0418. The lowest BCUT2D eigenvalue weighted by atomic mass is 9.75. The zero-order chi connectivity index (χ0) is 81.4. The standard InChI is InChI=1S/C101H82O16/c1-10-17-76-80-45-82(90(112-55(4)104)49-88(80)110-53(2)102)77(39-36-67-42-70-24-11-18-61-30-33-64-21-14-27-73(67)99(64)96(61)70)84-47-86(94(116-59(8)108)51-92(84)114-57(6)106)79(41-38-69-44-72-26-13-20-63-32-35-66-23-16-29-75(69)101(66)98(63)72)87-48-85(93(115-58(7)107)52-95(87)117-60(9)109)78(83-46-81(76)89(111-54(3)103)50-91(83)113-56(5)105)40-37-68-43-71-25-12-19-62-31-34-65-22-15-28-74(68)100(65)97(62)71/h11-16,18-35,42-52,76-79H,10,17,36-41H2,1-9H3. The van der Waals surface area contributed by atoms with Crippen molar-refractivity contribution in [3.8, 4) is 46.0 Å². The van der Waals surface area contributed by atoms with Crippen molar-refractivity contribution in [3.63, 3.8) is 0 Å². The summed E-state index contributed by atoms with van der Waals surface area (Å²) in [7, 11) is 0. The number of carbonyl (C=O) groups is 8. The van der Waals surface area contributed by atoms with Crippen LogP contribution in [0.5, 0.6) is 46.0 Å². The number of ether oxygens (including phenoxy) is 8. The Morgan fingerprint density at radius 1 is 0.222 bits per heavy atom. The number of hydrogen-bond donors (Lipinski definition) is 0. The van der Waals surface area contributed by atoms with Gasteiger partial charge in [-0.25, -0.2) is 0 Å². The second-order valence-electron chi connectivity index (χ2n) is 30.8. The van der Waals surface area contributed by atoms with Crippen molar-refractivity contribution in [2.24, 2.45) is 0 Å². The number of benzene rings is 16. The van der Waals surface area contributed by atoms with Crippen LogP contribution >= 0.6 is 0 Å². The van der Waals surface area contributed by atoms with E-state index in [2.05, 4.69) is 127 Å². The van der Waals surface area contributed by atoms with Gasteiger partial charge in [-0.3, -0.25) is 38.4 Å². The first-order valence-corrected chi connectivity index (χ1v) is 39.7. The first-order valence-electron chi connectivity index (χ1n) is 39.7. The van der Waals surface area contributed by atoms with Crippen LogP contribution in [0.25, 0.3) is 97.0 Å². The predicted molar refractivity (Wildman–Crippen MR) is 454 cm³/mol. The summed E-state index contributed by atoms with van der Waals surface area (Å²) >= 11 is 0. The SMILES string of the molecule is CCCC1c2cc(c(OC(C)=O)cc2OC(C)=O)C(CCc2cc3cccc4ccc5cccc2c5c43)c2cc(c(OC(C)=O)cc2OC(C)=O)C(CCc2cc3cccc4ccc5cccc2c5c43)c2cc(c(OC(C)=O)cc2OC(C)=O)C(CCc2cc3cccc4ccc5cccc2c5c43)c2cc1c(OC(C)=O)cc2OC(C)=O. The fraction of sp³-hybridized carbons (Fsp3) is 0.208. The summed E-state index contributed by atoms with van der Waals surface area (Å²) in [6, 6.07) is 70.2. The maximum atomic E-state index is 14.3. The Kier molecular flexibility index (Phi) is 20.1. The fourth-order valence-electron chi connectivity index (χ4n) is 18.7. The molecule has 17 rings (SSSR count). The smallest absolute Gasteiger partial charge is 0.308 e. The monoisotopic (exact) mass is 1550 g/mol. The maximum Gasteiger partial charge on any atom is 0.308 e. The van der Waals surface area contributed by atoms with Crippen LogP contribution in [0.2, 0.25) is 0 Å². The molecule has 0 aliphatic heterocycles. The minimum atomic E-state index is -1.05. The van der Waals surface area contributed by atoms with Gasteiger partial charge in [-0.15, -0.1) is 0 Å². The summed E-state index contributed by atoms with van der Waals surface area (Å²) in [5.74, 6) is -10.0. The minimum Gasteiger partial charge on any atom is -0.426 e. The molecule has 16 aromatic carbocycles. The molecule has 0 amide bonds. The van der Waals surface area contributed by atoms with Crippen LogP contribution in [0.3, 0.4) is 0 Å². The number of hydrogen-bond acceptors (Lipinski definition) is 16. The molecule has 16 heteroatoms. The Balaban J connectivity index is 1.02. The molecule has 582 valence electrons. The van der Waals surface area contributed by atoms with E-state index in [4.69, 9.17) is 37.9 Å². The van der Waals surface area contributed by atoms with Crippen LogP contribution in [0.4, 0.5) is 0 Å². The van der Waals surface area contributed by atoms with E-state index in [1.54, 1.807) is 0 Å². The Bertz CT molecular complexity index is 6480. The second kappa shape index (κ2) is 31.0.